The molecule has 1 aromatic rings. The molecule has 1 atom stereocenters. The summed E-state index contributed by atoms with van der Waals surface area (Å²) < 4.78 is 5.69. The van der Waals surface area contributed by atoms with Crippen LogP contribution in [0.25, 0.3) is 0 Å². The van der Waals surface area contributed by atoms with E-state index in [1.54, 1.807) is 0 Å². The van der Waals surface area contributed by atoms with Crippen LogP contribution in [0.15, 0.2) is 24.3 Å². The van der Waals surface area contributed by atoms with Gasteiger partial charge in [0.15, 0.2) is 5.78 Å². The smallest absolute Gasteiger partial charge is 0.176 e. The van der Waals surface area contributed by atoms with Gasteiger partial charge in [-0.3, -0.25) is 9.69 Å². The molecule has 0 aromatic heterocycles. The van der Waals surface area contributed by atoms with Gasteiger partial charge in [-0.05, 0) is 38.3 Å². The lowest BCUT2D eigenvalue weighted by Crippen LogP contribution is -2.42. The molecule has 0 spiro atoms. The molecule has 0 saturated carbocycles. The Morgan fingerprint density at radius 3 is 2.71 bits per heavy atom. The molecule has 1 aliphatic rings. The van der Waals surface area contributed by atoms with Crippen molar-refractivity contribution in [2.45, 2.75) is 45.6 Å². The van der Waals surface area contributed by atoms with Crippen LogP contribution in [0.5, 0.6) is 0 Å². The minimum atomic E-state index is 0.218. The van der Waals surface area contributed by atoms with Crippen LogP contribution in [0.2, 0.25) is 0 Å². The summed E-state index contributed by atoms with van der Waals surface area (Å²) in [4.78, 5) is 14.6. The molecule has 1 heterocycles. The average Bonchev–Trinajstić information content (AvgIpc) is 2.49. The van der Waals surface area contributed by atoms with E-state index in [1.165, 1.54) is 5.56 Å². The number of aryl methyl sites for hydroxylation is 1. The molecule has 1 aliphatic heterocycles. The maximum absolute atomic E-state index is 12.4. The molecule has 1 saturated heterocycles. The Bertz CT molecular complexity index is 439. The molecule has 1 fully saturated rings. The van der Waals surface area contributed by atoms with Gasteiger partial charge in [-0.15, -0.1) is 0 Å². The van der Waals surface area contributed by atoms with E-state index in [-0.39, 0.29) is 5.78 Å². The highest BCUT2D eigenvalue weighted by Crippen LogP contribution is 2.14. The molecule has 21 heavy (non-hydrogen) atoms. The molecule has 3 nitrogen and oxygen atoms in total. The van der Waals surface area contributed by atoms with Gasteiger partial charge in [0, 0.05) is 18.7 Å². The zero-order chi connectivity index (χ0) is 15.1. The number of rotatable bonds is 7. The third-order valence-electron chi connectivity index (χ3n) is 4.05. The van der Waals surface area contributed by atoms with Crippen molar-refractivity contribution in [2.24, 2.45) is 0 Å². The number of ketones is 1. The number of hydrogen-bond donors (Lipinski definition) is 0. The number of ether oxygens (including phenoxy) is 1. The Hall–Kier alpha value is -1.19. The van der Waals surface area contributed by atoms with Crippen LogP contribution in [0.3, 0.4) is 0 Å². The molecular weight excluding hydrogens is 262 g/mol. The van der Waals surface area contributed by atoms with E-state index >= 15 is 0 Å². The highest BCUT2D eigenvalue weighted by molar-refractivity contribution is 5.97. The highest BCUT2D eigenvalue weighted by Gasteiger charge is 2.22. The van der Waals surface area contributed by atoms with Crippen LogP contribution in [-0.4, -0.2) is 43.0 Å². The van der Waals surface area contributed by atoms with Gasteiger partial charge >= 0.3 is 0 Å². The summed E-state index contributed by atoms with van der Waals surface area (Å²) in [6.45, 7) is 7.35. The quantitative estimate of drug-likeness (QED) is 0.721. The van der Waals surface area contributed by atoms with E-state index in [0.717, 1.165) is 50.9 Å². The van der Waals surface area contributed by atoms with Gasteiger partial charge in [0.1, 0.15) is 0 Å². The summed E-state index contributed by atoms with van der Waals surface area (Å²) in [5, 5.41) is 0. The molecule has 2 rings (SSSR count). The van der Waals surface area contributed by atoms with Crippen LogP contribution in [0, 0.1) is 0 Å². The number of piperidine rings is 1. The number of benzene rings is 1. The van der Waals surface area contributed by atoms with Crippen molar-refractivity contribution in [2.75, 3.05) is 26.2 Å². The molecule has 1 aromatic carbocycles. The molecule has 0 aliphatic carbocycles. The fraction of sp³-hybridized carbons (Fsp3) is 0.611. The van der Waals surface area contributed by atoms with Gasteiger partial charge < -0.3 is 4.74 Å². The zero-order valence-corrected chi connectivity index (χ0v) is 13.3. The summed E-state index contributed by atoms with van der Waals surface area (Å²) in [5.41, 5.74) is 2.14. The van der Waals surface area contributed by atoms with Crippen LogP contribution in [0.1, 0.15) is 49.0 Å². The number of carbonyl (C=O) groups is 1. The number of likely N-dealkylation sites (tertiary alicyclic amines) is 1. The second-order valence-electron chi connectivity index (χ2n) is 5.82. The first-order valence-corrected chi connectivity index (χ1v) is 8.19. The monoisotopic (exact) mass is 289 g/mol. The van der Waals surface area contributed by atoms with Gasteiger partial charge in [0.2, 0.25) is 0 Å². The second-order valence-corrected chi connectivity index (χ2v) is 5.82. The van der Waals surface area contributed by atoms with Crippen molar-refractivity contribution in [1.82, 2.24) is 4.90 Å². The topological polar surface area (TPSA) is 29.5 Å². The number of Topliss-reactive ketones (excluding diaryl/α,β-unsaturated/α-hetero) is 1. The van der Waals surface area contributed by atoms with Gasteiger partial charge in [-0.2, -0.15) is 0 Å². The summed E-state index contributed by atoms with van der Waals surface area (Å²) in [6, 6.07) is 8.10. The van der Waals surface area contributed by atoms with Crippen molar-refractivity contribution >= 4 is 5.78 Å². The fourth-order valence-electron chi connectivity index (χ4n) is 2.97. The van der Waals surface area contributed by atoms with Crippen molar-refractivity contribution in [3.63, 3.8) is 0 Å². The number of nitrogens with zero attached hydrogens (tertiary/aromatic N) is 1. The Balaban J connectivity index is 1.88. The Morgan fingerprint density at radius 1 is 1.29 bits per heavy atom. The first-order chi connectivity index (χ1) is 10.2. The van der Waals surface area contributed by atoms with Gasteiger partial charge in [-0.1, -0.05) is 37.6 Å². The lowest BCUT2D eigenvalue weighted by atomic mass is 10.0. The Morgan fingerprint density at radius 2 is 2.05 bits per heavy atom. The predicted octanol–water partition coefficient (Wildman–Crippen LogP) is 3.32. The lowest BCUT2D eigenvalue weighted by Gasteiger charge is -2.31. The molecular formula is C18H27NO2. The molecule has 0 N–H and O–H groups in total. The normalized spacial score (nSPS) is 19.6. The van der Waals surface area contributed by atoms with Crippen molar-refractivity contribution in [3.05, 3.63) is 35.4 Å². The van der Waals surface area contributed by atoms with E-state index in [0.29, 0.717) is 12.6 Å². The van der Waals surface area contributed by atoms with E-state index in [9.17, 15) is 4.79 Å². The fourth-order valence-corrected chi connectivity index (χ4v) is 2.97. The molecule has 0 radical (unpaired) electrons. The summed E-state index contributed by atoms with van der Waals surface area (Å²) in [6.07, 6.45) is 4.75. The van der Waals surface area contributed by atoms with Crippen LogP contribution >= 0.6 is 0 Å². The minimum absolute atomic E-state index is 0.218. The van der Waals surface area contributed by atoms with Crippen molar-refractivity contribution in [1.29, 1.82) is 0 Å². The predicted molar refractivity (Wildman–Crippen MR) is 85.9 cm³/mol. The third kappa shape index (κ3) is 4.94. The highest BCUT2D eigenvalue weighted by atomic mass is 16.5. The Kier molecular flexibility index (Phi) is 6.40. The summed E-state index contributed by atoms with van der Waals surface area (Å²) in [7, 11) is 0. The zero-order valence-electron chi connectivity index (χ0n) is 13.3. The molecule has 3 heteroatoms. The second kappa shape index (κ2) is 8.30. The summed E-state index contributed by atoms with van der Waals surface area (Å²) in [5.74, 6) is 0.218. The lowest BCUT2D eigenvalue weighted by molar-refractivity contribution is 0.00718. The van der Waals surface area contributed by atoms with E-state index < -0.39 is 0 Å². The Labute approximate surface area is 128 Å². The maximum Gasteiger partial charge on any atom is 0.176 e. The van der Waals surface area contributed by atoms with Gasteiger partial charge in [0.25, 0.3) is 0 Å². The third-order valence-corrected chi connectivity index (χ3v) is 4.05. The molecule has 116 valence electrons. The largest absolute Gasteiger partial charge is 0.377 e. The maximum atomic E-state index is 12.4. The average molecular weight is 289 g/mol. The van der Waals surface area contributed by atoms with E-state index in [4.69, 9.17) is 4.74 Å². The molecule has 0 amide bonds. The minimum Gasteiger partial charge on any atom is -0.377 e. The first kappa shape index (κ1) is 16.2. The standard InChI is InChI=1S/C18H27NO2/c1-3-6-15-8-10-16(11-9-15)18(20)14-19-12-5-7-17(13-19)21-4-2/h8-11,17H,3-7,12-14H2,1-2H3. The first-order valence-electron chi connectivity index (χ1n) is 8.19. The van der Waals surface area contributed by atoms with E-state index in [2.05, 4.69) is 24.0 Å². The number of hydrogen-bond acceptors (Lipinski definition) is 3. The van der Waals surface area contributed by atoms with Gasteiger partial charge in [0.05, 0.1) is 12.6 Å². The van der Waals surface area contributed by atoms with Crippen LogP contribution in [0.4, 0.5) is 0 Å². The SMILES string of the molecule is CCCc1ccc(C(=O)CN2CCCC(OCC)C2)cc1. The van der Waals surface area contributed by atoms with Crippen molar-refractivity contribution in [3.8, 4) is 0 Å². The van der Waals surface area contributed by atoms with Gasteiger partial charge in [-0.25, -0.2) is 0 Å². The van der Waals surface area contributed by atoms with Crippen LogP contribution < -0.4 is 0 Å². The van der Waals surface area contributed by atoms with E-state index in [1.807, 2.05) is 19.1 Å². The van der Waals surface area contributed by atoms with Crippen LogP contribution in [-0.2, 0) is 11.2 Å². The molecule has 1 unspecified atom stereocenters. The number of carbonyl (C=O) groups excluding carboxylic acids is 1. The van der Waals surface area contributed by atoms with Crippen molar-refractivity contribution < 1.29 is 9.53 Å². The molecule has 0 bridgehead atoms. The summed E-state index contributed by atoms with van der Waals surface area (Å²) >= 11 is 0.